The Labute approximate surface area is 135 Å². The maximum Gasteiger partial charge on any atom is 0.251 e. The Morgan fingerprint density at radius 1 is 1.09 bits per heavy atom. The van der Waals surface area contributed by atoms with Crippen LogP contribution in [0, 0.1) is 11.3 Å². The molecule has 0 radical (unpaired) electrons. The first-order valence-corrected chi connectivity index (χ1v) is 7.61. The number of para-hydroxylation sites is 1. The number of pyridine rings is 1. The molecule has 0 bridgehead atoms. The molecule has 2 aromatic carbocycles. The van der Waals surface area contributed by atoms with E-state index in [4.69, 9.17) is 0 Å². The molecule has 0 fully saturated rings. The van der Waals surface area contributed by atoms with Crippen molar-refractivity contribution in [1.82, 2.24) is 4.98 Å². The third-order valence-corrected chi connectivity index (χ3v) is 4.18. The number of aromatic amines is 1. The smallest absolute Gasteiger partial charge is 0.251 e. The second kappa shape index (κ2) is 5.73. The van der Waals surface area contributed by atoms with Crippen molar-refractivity contribution in [2.75, 3.05) is 0 Å². The van der Waals surface area contributed by atoms with Gasteiger partial charge in [0.05, 0.1) is 11.5 Å². The molecule has 1 heterocycles. The van der Waals surface area contributed by atoms with Crippen molar-refractivity contribution in [3.63, 3.8) is 0 Å². The number of rotatable bonds is 3. The molecule has 1 aromatic heterocycles. The summed E-state index contributed by atoms with van der Waals surface area (Å²) in [5.41, 5.74) is 3.09. The average molecular weight is 302 g/mol. The van der Waals surface area contributed by atoms with Gasteiger partial charge in [-0.2, -0.15) is 5.26 Å². The van der Waals surface area contributed by atoms with Gasteiger partial charge in [0.25, 0.3) is 5.56 Å². The summed E-state index contributed by atoms with van der Waals surface area (Å²) in [6, 6.07) is 19.9. The van der Waals surface area contributed by atoms with E-state index in [0.717, 1.165) is 27.6 Å². The fraction of sp³-hybridized carbons (Fsp3) is 0.200. The molecule has 0 spiro atoms. The van der Waals surface area contributed by atoms with Crippen LogP contribution < -0.4 is 5.56 Å². The summed E-state index contributed by atoms with van der Waals surface area (Å²) in [5, 5.41) is 10.2. The van der Waals surface area contributed by atoms with Gasteiger partial charge in [0.2, 0.25) is 0 Å². The van der Waals surface area contributed by atoms with Crippen LogP contribution in [0.2, 0.25) is 0 Å². The van der Waals surface area contributed by atoms with E-state index in [1.165, 1.54) is 0 Å². The van der Waals surface area contributed by atoms with Crippen LogP contribution in [0.25, 0.3) is 10.9 Å². The number of benzene rings is 2. The molecule has 0 atom stereocenters. The summed E-state index contributed by atoms with van der Waals surface area (Å²) in [7, 11) is 0. The Hall–Kier alpha value is -2.86. The van der Waals surface area contributed by atoms with Crippen LogP contribution in [0.3, 0.4) is 0 Å². The lowest BCUT2D eigenvalue weighted by Gasteiger charge is -2.16. The Kier molecular flexibility index (Phi) is 3.75. The molecule has 3 nitrogen and oxygen atoms in total. The minimum Gasteiger partial charge on any atom is -0.322 e. The van der Waals surface area contributed by atoms with Crippen LogP contribution in [0.1, 0.15) is 30.5 Å². The molecule has 114 valence electrons. The molecule has 0 saturated heterocycles. The van der Waals surface area contributed by atoms with Gasteiger partial charge >= 0.3 is 0 Å². The van der Waals surface area contributed by atoms with Crippen molar-refractivity contribution in [1.29, 1.82) is 5.26 Å². The molecule has 0 saturated carbocycles. The summed E-state index contributed by atoms with van der Waals surface area (Å²) in [6.07, 6.45) is 0.577. The number of hydrogen-bond donors (Lipinski definition) is 1. The van der Waals surface area contributed by atoms with Crippen LogP contribution in [-0.2, 0) is 11.8 Å². The van der Waals surface area contributed by atoms with E-state index >= 15 is 0 Å². The molecular formula is C20H18N2O. The zero-order valence-electron chi connectivity index (χ0n) is 13.3. The highest BCUT2D eigenvalue weighted by atomic mass is 16.1. The number of fused-ring (bicyclic) bond motifs is 1. The number of nitriles is 1. The summed E-state index contributed by atoms with van der Waals surface area (Å²) in [5.74, 6) is 0. The first kappa shape index (κ1) is 15.1. The average Bonchev–Trinajstić information content (AvgIpc) is 2.56. The van der Waals surface area contributed by atoms with Gasteiger partial charge < -0.3 is 4.98 Å². The maximum absolute atomic E-state index is 12.2. The lowest BCUT2D eigenvalue weighted by Crippen LogP contribution is -2.14. The SMILES string of the molecule is CC(C)(C#N)c1ccc(Cc2cc3ccccc3[nH]c2=O)cc1. The van der Waals surface area contributed by atoms with Crippen molar-refractivity contribution in [2.45, 2.75) is 25.7 Å². The van der Waals surface area contributed by atoms with Gasteiger partial charge in [-0.1, -0.05) is 42.5 Å². The van der Waals surface area contributed by atoms with E-state index in [2.05, 4.69) is 11.1 Å². The number of hydrogen-bond acceptors (Lipinski definition) is 2. The molecule has 3 rings (SSSR count). The summed E-state index contributed by atoms with van der Waals surface area (Å²) in [4.78, 5) is 15.1. The molecule has 0 aliphatic carbocycles. The molecule has 0 amide bonds. The third kappa shape index (κ3) is 3.02. The van der Waals surface area contributed by atoms with Crippen molar-refractivity contribution in [3.05, 3.63) is 81.6 Å². The van der Waals surface area contributed by atoms with E-state index in [0.29, 0.717) is 6.42 Å². The highest BCUT2D eigenvalue weighted by molar-refractivity contribution is 5.78. The van der Waals surface area contributed by atoms with E-state index in [1.54, 1.807) is 0 Å². The molecule has 3 aromatic rings. The van der Waals surface area contributed by atoms with Gasteiger partial charge in [-0.05, 0) is 42.5 Å². The fourth-order valence-corrected chi connectivity index (χ4v) is 2.65. The van der Waals surface area contributed by atoms with E-state index in [-0.39, 0.29) is 5.56 Å². The largest absolute Gasteiger partial charge is 0.322 e. The lowest BCUT2D eigenvalue weighted by atomic mass is 9.86. The van der Waals surface area contributed by atoms with Gasteiger partial charge in [0, 0.05) is 17.5 Å². The molecule has 23 heavy (non-hydrogen) atoms. The van der Waals surface area contributed by atoms with Gasteiger partial charge in [-0.3, -0.25) is 4.79 Å². The standard InChI is InChI=1S/C20H18N2O/c1-20(2,13-21)17-9-7-14(8-10-17)11-16-12-15-5-3-4-6-18(15)22-19(16)23/h3-10,12H,11H2,1-2H3,(H,22,23). The van der Waals surface area contributed by atoms with E-state index in [9.17, 15) is 10.1 Å². The summed E-state index contributed by atoms with van der Waals surface area (Å²) < 4.78 is 0. The maximum atomic E-state index is 12.2. The molecule has 1 N–H and O–H groups in total. The monoisotopic (exact) mass is 302 g/mol. The number of aromatic nitrogens is 1. The second-order valence-corrected chi connectivity index (χ2v) is 6.32. The van der Waals surface area contributed by atoms with Crippen molar-refractivity contribution >= 4 is 10.9 Å². The predicted octanol–water partition coefficient (Wildman–Crippen LogP) is 3.92. The van der Waals surface area contributed by atoms with Gasteiger partial charge in [0.1, 0.15) is 0 Å². The Morgan fingerprint density at radius 2 is 1.78 bits per heavy atom. The zero-order chi connectivity index (χ0) is 16.4. The first-order valence-electron chi connectivity index (χ1n) is 7.61. The van der Waals surface area contributed by atoms with Crippen LogP contribution in [0.4, 0.5) is 0 Å². The summed E-state index contributed by atoms with van der Waals surface area (Å²) >= 11 is 0. The van der Waals surface area contributed by atoms with Crippen LogP contribution in [0.15, 0.2) is 59.4 Å². The Balaban J connectivity index is 1.92. The third-order valence-electron chi connectivity index (χ3n) is 4.18. The van der Waals surface area contributed by atoms with Crippen LogP contribution >= 0.6 is 0 Å². The van der Waals surface area contributed by atoms with E-state index < -0.39 is 5.41 Å². The van der Waals surface area contributed by atoms with Gasteiger partial charge in [0.15, 0.2) is 0 Å². The summed E-state index contributed by atoms with van der Waals surface area (Å²) in [6.45, 7) is 3.80. The van der Waals surface area contributed by atoms with Crippen LogP contribution in [-0.4, -0.2) is 4.98 Å². The molecule has 0 aliphatic heterocycles. The Morgan fingerprint density at radius 3 is 2.48 bits per heavy atom. The normalized spacial score (nSPS) is 11.3. The second-order valence-electron chi connectivity index (χ2n) is 6.32. The van der Waals surface area contributed by atoms with Gasteiger partial charge in [-0.15, -0.1) is 0 Å². The highest BCUT2D eigenvalue weighted by Gasteiger charge is 2.19. The number of nitrogens with zero attached hydrogens (tertiary/aromatic N) is 1. The predicted molar refractivity (Wildman–Crippen MR) is 92.5 cm³/mol. The molecular weight excluding hydrogens is 284 g/mol. The number of H-pyrrole nitrogens is 1. The van der Waals surface area contributed by atoms with Crippen LogP contribution in [0.5, 0.6) is 0 Å². The topological polar surface area (TPSA) is 56.6 Å². The number of nitrogens with one attached hydrogen (secondary N) is 1. The molecule has 3 heteroatoms. The molecule has 0 unspecified atom stereocenters. The quantitative estimate of drug-likeness (QED) is 0.797. The van der Waals surface area contributed by atoms with Crippen molar-refractivity contribution < 1.29 is 0 Å². The zero-order valence-corrected chi connectivity index (χ0v) is 13.3. The van der Waals surface area contributed by atoms with Crippen molar-refractivity contribution in [3.8, 4) is 6.07 Å². The van der Waals surface area contributed by atoms with Crippen molar-refractivity contribution in [2.24, 2.45) is 0 Å². The lowest BCUT2D eigenvalue weighted by molar-refractivity contribution is 0.686. The minimum absolute atomic E-state index is 0.0508. The molecule has 0 aliphatic rings. The highest BCUT2D eigenvalue weighted by Crippen LogP contribution is 2.23. The fourth-order valence-electron chi connectivity index (χ4n) is 2.65. The minimum atomic E-state index is -0.501. The van der Waals surface area contributed by atoms with E-state index in [1.807, 2.05) is 68.4 Å². The van der Waals surface area contributed by atoms with Gasteiger partial charge in [-0.25, -0.2) is 0 Å². The first-order chi connectivity index (χ1) is 11.0. The Bertz CT molecular complexity index is 944.